The molecule has 0 spiro atoms. The van der Waals surface area contributed by atoms with E-state index >= 15 is 0 Å². The van der Waals surface area contributed by atoms with Crippen molar-refractivity contribution in [1.29, 1.82) is 0 Å². The molecule has 0 unspecified atom stereocenters. The van der Waals surface area contributed by atoms with Gasteiger partial charge in [0.25, 0.3) is 0 Å². The monoisotopic (exact) mass is 286 g/mol. The maximum atomic E-state index is 9.56. The summed E-state index contributed by atoms with van der Waals surface area (Å²) in [4.78, 5) is 0. The number of methoxy groups -OCH3 is 1. The zero-order valence-corrected chi connectivity index (χ0v) is 12.6. The van der Waals surface area contributed by atoms with Gasteiger partial charge in [-0.1, -0.05) is 18.2 Å². The Morgan fingerprint density at radius 2 is 1.43 bits per heavy atom. The Morgan fingerprint density at radius 1 is 0.857 bits per heavy atom. The fourth-order valence-corrected chi connectivity index (χ4v) is 2.41. The number of unbranched alkanes of at least 4 members (excludes halogenated alkanes) is 1. The summed E-state index contributed by atoms with van der Waals surface area (Å²) in [7, 11) is 1.56. The van der Waals surface area contributed by atoms with E-state index in [1.165, 1.54) is 11.1 Å². The van der Waals surface area contributed by atoms with Crippen molar-refractivity contribution in [3.8, 4) is 17.2 Å². The van der Waals surface area contributed by atoms with Crippen LogP contribution in [-0.2, 0) is 12.8 Å². The maximum Gasteiger partial charge on any atom is 0.160 e. The van der Waals surface area contributed by atoms with Gasteiger partial charge in [0, 0.05) is 0 Å². The predicted molar refractivity (Wildman–Crippen MR) is 84.1 cm³/mol. The van der Waals surface area contributed by atoms with Crippen LogP contribution in [0.25, 0.3) is 0 Å². The first kappa shape index (κ1) is 15.2. The molecule has 0 aliphatic carbocycles. The molecule has 112 valence electrons. The molecule has 0 aliphatic heterocycles. The van der Waals surface area contributed by atoms with E-state index in [0.717, 1.165) is 31.2 Å². The zero-order chi connectivity index (χ0) is 15.2. The Labute approximate surface area is 125 Å². The lowest BCUT2D eigenvalue weighted by Gasteiger charge is -2.07. The second-order valence-corrected chi connectivity index (χ2v) is 5.33. The average molecular weight is 286 g/mol. The van der Waals surface area contributed by atoms with Crippen molar-refractivity contribution in [3.63, 3.8) is 0 Å². The molecule has 3 nitrogen and oxygen atoms in total. The summed E-state index contributed by atoms with van der Waals surface area (Å²) in [6, 6.07) is 11.3. The molecule has 0 bridgehead atoms. The highest BCUT2D eigenvalue weighted by Crippen LogP contribution is 2.27. The normalized spacial score (nSPS) is 10.6. The van der Waals surface area contributed by atoms with Crippen LogP contribution < -0.4 is 4.74 Å². The number of phenols is 2. The first-order chi connectivity index (χ1) is 10.1. The van der Waals surface area contributed by atoms with E-state index in [1.54, 1.807) is 19.2 Å². The second kappa shape index (κ2) is 7.02. The Kier molecular flexibility index (Phi) is 5.09. The van der Waals surface area contributed by atoms with Crippen molar-refractivity contribution in [2.45, 2.75) is 32.6 Å². The Bertz CT molecular complexity index is 605. The molecule has 2 rings (SSSR count). The van der Waals surface area contributed by atoms with Gasteiger partial charge in [-0.25, -0.2) is 0 Å². The largest absolute Gasteiger partial charge is 0.508 e. The van der Waals surface area contributed by atoms with Gasteiger partial charge in [-0.05, 0) is 67.5 Å². The molecule has 0 heterocycles. The summed E-state index contributed by atoms with van der Waals surface area (Å²) in [5, 5.41) is 19.1. The first-order valence-corrected chi connectivity index (χ1v) is 7.24. The van der Waals surface area contributed by atoms with Crippen LogP contribution in [0.3, 0.4) is 0 Å². The van der Waals surface area contributed by atoms with Gasteiger partial charge < -0.3 is 14.9 Å². The van der Waals surface area contributed by atoms with E-state index in [1.807, 2.05) is 31.2 Å². The van der Waals surface area contributed by atoms with Crippen molar-refractivity contribution in [2.75, 3.05) is 7.11 Å². The lowest BCUT2D eigenvalue weighted by molar-refractivity contribution is 0.373. The van der Waals surface area contributed by atoms with Gasteiger partial charge in [0.05, 0.1) is 7.11 Å². The molecule has 0 atom stereocenters. The Morgan fingerprint density at radius 3 is 2.00 bits per heavy atom. The van der Waals surface area contributed by atoms with Crippen LogP contribution >= 0.6 is 0 Å². The molecule has 0 aliphatic rings. The summed E-state index contributed by atoms with van der Waals surface area (Å²) >= 11 is 0. The topological polar surface area (TPSA) is 49.7 Å². The first-order valence-electron chi connectivity index (χ1n) is 7.24. The molecular formula is C18H22O3. The van der Waals surface area contributed by atoms with E-state index in [2.05, 4.69) is 0 Å². The third kappa shape index (κ3) is 4.15. The summed E-state index contributed by atoms with van der Waals surface area (Å²) < 4.78 is 5.11. The molecular weight excluding hydrogens is 264 g/mol. The number of benzene rings is 2. The summed E-state index contributed by atoms with van der Waals surface area (Å²) in [5.41, 5.74) is 3.36. The van der Waals surface area contributed by atoms with Crippen LogP contribution in [0.15, 0.2) is 36.4 Å². The van der Waals surface area contributed by atoms with Gasteiger partial charge in [0.15, 0.2) is 11.5 Å². The number of phenolic OH excluding ortho intramolecular Hbond substituents is 2. The van der Waals surface area contributed by atoms with Gasteiger partial charge in [0.2, 0.25) is 0 Å². The quantitative estimate of drug-likeness (QED) is 0.790. The fourth-order valence-electron chi connectivity index (χ4n) is 2.41. The fraction of sp³-hybridized carbons (Fsp3) is 0.333. The molecule has 2 aromatic rings. The van der Waals surface area contributed by atoms with E-state index in [-0.39, 0.29) is 5.75 Å². The molecule has 2 N–H and O–H groups in total. The molecule has 0 aromatic heterocycles. The van der Waals surface area contributed by atoms with E-state index in [0.29, 0.717) is 11.5 Å². The van der Waals surface area contributed by atoms with E-state index < -0.39 is 0 Å². The summed E-state index contributed by atoms with van der Waals surface area (Å²) in [5.74, 6) is 1.07. The number of hydrogen-bond donors (Lipinski definition) is 2. The van der Waals surface area contributed by atoms with Gasteiger partial charge >= 0.3 is 0 Å². The van der Waals surface area contributed by atoms with Crippen LogP contribution in [0.4, 0.5) is 0 Å². The Balaban J connectivity index is 1.83. The van der Waals surface area contributed by atoms with Crippen LogP contribution in [0.5, 0.6) is 17.2 Å². The summed E-state index contributed by atoms with van der Waals surface area (Å²) in [6.45, 7) is 1.92. The minimum atomic E-state index is 0.181. The minimum Gasteiger partial charge on any atom is -0.508 e. The lowest BCUT2D eigenvalue weighted by atomic mass is 10.0. The molecule has 0 saturated heterocycles. The van der Waals surface area contributed by atoms with E-state index in [9.17, 15) is 10.2 Å². The maximum absolute atomic E-state index is 9.56. The SMILES string of the molecule is COc1cc(CCCCc2ccc(O)c(C)c2)ccc1O. The molecule has 21 heavy (non-hydrogen) atoms. The highest BCUT2D eigenvalue weighted by Gasteiger charge is 2.03. The zero-order valence-electron chi connectivity index (χ0n) is 12.6. The molecule has 0 fully saturated rings. The van der Waals surface area contributed by atoms with Gasteiger partial charge in [-0.3, -0.25) is 0 Å². The van der Waals surface area contributed by atoms with Crippen molar-refractivity contribution < 1.29 is 14.9 Å². The second-order valence-electron chi connectivity index (χ2n) is 5.33. The third-order valence-corrected chi connectivity index (χ3v) is 3.69. The van der Waals surface area contributed by atoms with E-state index in [4.69, 9.17) is 4.74 Å². The van der Waals surface area contributed by atoms with Crippen molar-refractivity contribution in [1.82, 2.24) is 0 Å². The molecule has 2 aromatic carbocycles. The van der Waals surface area contributed by atoms with Gasteiger partial charge in [0.1, 0.15) is 5.75 Å². The van der Waals surface area contributed by atoms with Crippen LogP contribution in [-0.4, -0.2) is 17.3 Å². The number of ether oxygens (including phenoxy) is 1. The lowest BCUT2D eigenvalue weighted by Crippen LogP contribution is -1.91. The third-order valence-electron chi connectivity index (χ3n) is 3.69. The molecule has 3 heteroatoms. The molecule has 0 saturated carbocycles. The smallest absolute Gasteiger partial charge is 0.160 e. The minimum absolute atomic E-state index is 0.181. The highest BCUT2D eigenvalue weighted by molar-refractivity contribution is 5.41. The van der Waals surface area contributed by atoms with Crippen LogP contribution in [0, 0.1) is 6.92 Å². The summed E-state index contributed by atoms with van der Waals surface area (Å²) in [6.07, 6.45) is 4.14. The van der Waals surface area contributed by atoms with Crippen molar-refractivity contribution in [3.05, 3.63) is 53.1 Å². The Hall–Kier alpha value is -2.16. The average Bonchev–Trinajstić information content (AvgIpc) is 2.48. The predicted octanol–water partition coefficient (Wildman–Crippen LogP) is 3.98. The van der Waals surface area contributed by atoms with Gasteiger partial charge in [-0.15, -0.1) is 0 Å². The number of rotatable bonds is 6. The number of hydrogen-bond acceptors (Lipinski definition) is 3. The highest BCUT2D eigenvalue weighted by atomic mass is 16.5. The molecule has 0 amide bonds. The van der Waals surface area contributed by atoms with Crippen LogP contribution in [0.2, 0.25) is 0 Å². The van der Waals surface area contributed by atoms with Crippen LogP contribution in [0.1, 0.15) is 29.5 Å². The number of aryl methyl sites for hydroxylation is 3. The van der Waals surface area contributed by atoms with Crippen molar-refractivity contribution >= 4 is 0 Å². The van der Waals surface area contributed by atoms with Crippen molar-refractivity contribution in [2.24, 2.45) is 0 Å². The van der Waals surface area contributed by atoms with Gasteiger partial charge in [-0.2, -0.15) is 0 Å². The number of aromatic hydroxyl groups is 2. The molecule has 0 radical (unpaired) electrons. The standard InChI is InChI=1S/C18H22O3/c1-13-11-14(7-9-16(13)19)5-3-4-6-15-8-10-17(20)18(12-15)21-2/h7-12,19-20H,3-6H2,1-2H3.